The molecule has 1 aliphatic rings. The number of carboxylic acid groups (broad SMARTS) is 1. The first-order valence-corrected chi connectivity index (χ1v) is 9.22. The summed E-state index contributed by atoms with van der Waals surface area (Å²) < 4.78 is 1.35. The van der Waals surface area contributed by atoms with Gasteiger partial charge in [0.15, 0.2) is 5.54 Å². The Bertz CT molecular complexity index is 793. The molecule has 27 heavy (non-hydrogen) atoms. The molecule has 144 valence electrons. The second-order valence-electron chi connectivity index (χ2n) is 7.56. The monoisotopic (exact) mass is 370 g/mol. The Balaban J connectivity index is 1.51. The first-order valence-electron chi connectivity index (χ1n) is 9.22. The van der Waals surface area contributed by atoms with Crippen molar-refractivity contribution in [2.45, 2.75) is 38.8 Å². The molecule has 0 bridgehead atoms. The predicted molar refractivity (Wildman–Crippen MR) is 102 cm³/mol. The lowest BCUT2D eigenvalue weighted by Gasteiger charge is -2.31. The second kappa shape index (κ2) is 7.92. The van der Waals surface area contributed by atoms with Crippen LogP contribution in [-0.4, -0.2) is 44.8 Å². The molecular formula is C20H26N4O3. The van der Waals surface area contributed by atoms with Crippen molar-refractivity contribution in [2.24, 2.45) is 5.92 Å². The fourth-order valence-electron chi connectivity index (χ4n) is 3.23. The molecule has 0 aliphatic carbocycles. The summed E-state index contributed by atoms with van der Waals surface area (Å²) in [5.74, 6) is -1.04. The highest BCUT2D eigenvalue weighted by atomic mass is 16.4. The lowest BCUT2D eigenvalue weighted by molar-refractivity contribution is -0.146. The van der Waals surface area contributed by atoms with Crippen LogP contribution in [0.2, 0.25) is 0 Å². The maximum atomic E-state index is 12.5. The lowest BCUT2D eigenvalue weighted by Crippen LogP contribution is -2.37. The van der Waals surface area contributed by atoms with Crippen molar-refractivity contribution in [2.75, 3.05) is 18.4 Å². The number of anilines is 1. The van der Waals surface area contributed by atoms with Gasteiger partial charge in [0.05, 0.1) is 11.9 Å². The van der Waals surface area contributed by atoms with Crippen LogP contribution in [0, 0.1) is 5.92 Å². The van der Waals surface area contributed by atoms with Crippen LogP contribution in [0.25, 0.3) is 0 Å². The first kappa shape index (κ1) is 19.1. The van der Waals surface area contributed by atoms with Gasteiger partial charge in [-0.2, -0.15) is 5.10 Å². The molecule has 0 unspecified atom stereocenters. The number of aliphatic carboxylic acids is 1. The number of piperidine rings is 1. The molecule has 2 N–H and O–H groups in total. The molecule has 1 fully saturated rings. The largest absolute Gasteiger partial charge is 0.479 e. The van der Waals surface area contributed by atoms with Crippen molar-refractivity contribution in [1.82, 2.24) is 14.7 Å². The Kier molecular flexibility index (Phi) is 5.60. The van der Waals surface area contributed by atoms with Gasteiger partial charge in [0, 0.05) is 18.7 Å². The van der Waals surface area contributed by atoms with Gasteiger partial charge in [0.2, 0.25) is 5.91 Å². The maximum absolute atomic E-state index is 12.5. The number of amides is 1. The van der Waals surface area contributed by atoms with Gasteiger partial charge in [-0.15, -0.1) is 0 Å². The van der Waals surface area contributed by atoms with Gasteiger partial charge in [0.1, 0.15) is 0 Å². The number of benzene rings is 1. The molecule has 1 saturated heterocycles. The normalized spacial score (nSPS) is 16.2. The molecule has 2 aromatic rings. The maximum Gasteiger partial charge on any atom is 0.331 e. The Labute approximate surface area is 159 Å². The average molecular weight is 370 g/mol. The van der Waals surface area contributed by atoms with Crippen molar-refractivity contribution in [3.8, 4) is 0 Å². The summed E-state index contributed by atoms with van der Waals surface area (Å²) in [6, 6.07) is 10.3. The van der Waals surface area contributed by atoms with Crippen LogP contribution < -0.4 is 5.32 Å². The Hall–Kier alpha value is -2.67. The highest BCUT2D eigenvalue weighted by Crippen LogP contribution is 2.22. The molecule has 0 saturated carbocycles. The number of hydrogen-bond donors (Lipinski definition) is 2. The van der Waals surface area contributed by atoms with Gasteiger partial charge in [-0.25, -0.2) is 4.79 Å². The number of carbonyl (C=O) groups excluding carboxylic acids is 1. The van der Waals surface area contributed by atoms with Crippen LogP contribution >= 0.6 is 0 Å². The van der Waals surface area contributed by atoms with E-state index in [1.807, 2.05) is 18.2 Å². The molecule has 1 aromatic heterocycles. The van der Waals surface area contributed by atoms with E-state index in [9.17, 15) is 14.7 Å². The third-order valence-corrected chi connectivity index (χ3v) is 5.15. The summed E-state index contributed by atoms with van der Waals surface area (Å²) in [4.78, 5) is 26.2. The van der Waals surface area contributed by atoms with E-state index >= 15 is 0 Å². The minimum atomic E-state index is -1.16. The first-order chi connectivity index (χ1) is 12.9. The summed E-state index contributed by atoms with van der Waals surface area (Å²) >= 11 is 0. The molecule has 3 rings (SSSR count). The highest BCUT2D eigenvalue weighted by Gasteiger charge is 2.31. The number of nitrogens with one attached hydrogen (secondary N) is 1. The van der Waals surface area contributed by atoms with E-state index in [0.717, 1.165) is 32.5 Å². The van der Waals surface area contributed by atoms with Crippen molar-refractivity contribution in [3.05, 3.63) is 48.3 Å². The van der Waals surface area contributed by atoms with Crippen molar-refractivity contribution in [1.29, 1.82) is 0 Å². The van der Waals surface area contributed by atoms with Gasteiger partial charge >= 0.3 is 5.97 Å². The van der Waals surface area contributed by atoms with Crippen LogP contribution in [0.15, 0.2) is 42.7 Å². The van der Waals surface area contributed by atoms with E-state index < -0.39 is 11.5 Å². The molecule has 1 amide bonds. The third kappa shape index (κ3) is 4.54. The van der Waals surface area contributed by atoms with Gasteiger partial charge in [0.25, 0.3) is 0 Å². The number of aromatic nitrogens is 2. The number of nitrogens with zero attached hydrogens (tertiary/aromatic N) is 3. The number of rotatable bonds is 6. The van der Waals surface area contributed by atoms with Gasteiger partial charge in [-0.05, 0) is 45.3 Å². The molecule has 0 spiro atoms. The van der Waals surface area contributed by atoms with E-state index in [1.54, 1.807) is 20.0 Å². The van der Waals surface area contributed by atoms with Gasteiger partial charge in [-0.3, -0.25) is 14.4 Å². The number of hydrogen-bond acceptors (Lipinski definition) is 4. The van der Waals surface area contributed by atoms with E-state index in [4.69, 9.17) is 0 Å². The van der Waals surface area contributed by atoms with Gasteiger partial charge in [-0.1, -0.05) is 30.3 Å². The molecule has 2 heterocycles. The van der Waals surface area contributed by atoms with Crippen molar-refractivity contribution >= 4 is 17.6 Å². The Morgan fingerprint density at radius 3 is 2.52 bits per heavy atom. The SMILES string of the molecule is CC(C)(C(=O)O)n1cc(NC(=O)C2CCN(Cc3ccccc3)CC2)cn1. The molecule has 7 heteroatoms. The fourth-order valence-corrected chi connectivity index (χ4v) is 3.23. The van der Waals surface area contributed by atoms with Crippen molar-refractivity contribution in [3.63, 3.8) is 0 Å². The molecule has 1 aliphatic heterocycles. The third-order valence-electron chi connectivity index (χ3n) is 5.15. The van der Waals surface area contributed by atoms with E-state index in [-0.39, 0.29) is 11.8 Å². The fraction of sp³-hybridized carbons (Fsp3) is 0.450. The van der Waals surface area contributed by atoms with E-state index in [0.29, 0.717) is 5.69 Å². The zero-order chi connectivity index (χ0) is 19.4. The highest BCUT2D eigenvalue weighted by molar-refractivity contribution is 5.92. The van der Waals surface area contributed by atoms with E-state index in [2.05, 4.69) is 27.4 Å². The zero-order valence-corrected chi connectivity index (χ0v) is 15.8. The number of carboxylic acids is 1. The van der Waals surface area contributed by atoms with Crippen LogP contribution in [0.5, 0.6) is 0 Å². The molecule has 7 nitrogen and oxygen atoms in total. The summed E-state index contributed by atoms with van der Waals surface area (Å²) in [6.07, 6.45) is 4.69. The minimum absolute atomic E-state index is 0.0259. The molecule has 1 aromatic carbocycles. The standard InChI is InChI=1S/C20H26N4O3/c1-20(2,19(26)27)24-14-17(12-21-24)22-18(25)16-8-10-23(11-9-16)13-15-6-4-3-5-7-15/h3-7,12,14,16H,8-11,13H2,1-2H3,(H,22,25)(H,26,27). The van der Waals surface area contributed by atoms with E-state index in [1.165, 1.54) is 16.4 Å². The summed E-state index contributed by atoms with van der Waals surface area (Å²) in [7, 11) is 0. The van der Waals surface area contributed by atoms with Crippen LogP contribution in [-0.2, 0) is 21.7 Å². The number of carbonyl (C=O) groups is 2. The Morgan fingerprint density at radius 1 is 1.22 bits per heavy atom. The summed E-state index contributed by atoms with van der Waals surface area (Å²) in [5.41, 5.74) is 0.654. The van der Waals surface area contributed by atoms with Crippen LogP contribution in [0.1, 0.15) is 32.3 Å². The predicted octanol–water partition coefficient (Wildman–Crippen LogP) is 2.55. The molecule has 0 radical (unpaired) electrons. The summed E-state index contributed by atoms with van der Waals surface area (Å²) in [6.45, 7) is 5.82. The molecule has 0 atom stereocenters. The molecular weight excluding hydrogens is 344 g/mol. The quantitative estimate of drug-likeness (QED) is 0.816. The van der Waals surface area contributed by atoms with Crippen molar-refractivity contribution < 1.29 is 14.7 Å². The van der Waals surface area contributed by atoms with Crippen LogP contribution in [0.4, 0.5) is 5.69 Å². The summed E-state index contributed by atoms with van der Waals surface area (Å²) in [5, 5.41) is 16.2. The topological polar surface area (TPSA) is 87.5 Å². The average Bonchev–Trinajstić information content (AvgIpc) is 3.12. The minimum Gasteiger partial charge on any atom is -0.479 e. The zero-order valence-electron chi connectivity index (χ0n) is 15.8. The second-order valence-corrected chi connectivity index (χ2v) is 7.56. The lowest BCUT2D eigenvalue weighted by atomic mass is 9.95. The van der Waals surface area contributed by atoms with Gasteiger partial charge < -0.3 is 10.4 Å². The number of likely N-dealkylation sites (tertiary alicyclic amines) is 1. The Morgan fingerprint density at radius 2 is 1.89 bits per heavy atom. The van der Waals surface area contributed by atoms with Crippen LogP contribution in [0.3, 0.4) is 0 Å². The smallest absolute Gasteiger partial charge is 0.331 e.